The average molecular weight is 348 g/mol. The van der Waals surface area contributed by atoms with E-state index < -0.39 is 24.5 Å². The van der Waals surface area contributed by atoms with Crippen molar-refractivity contribution in [2.45, 2.75) is 69.5 Å². The molecule has 0 spiro atoms. The van der Waals surface area contributed by atoms with Crippen molar-refractivity contribution in [1.82, 2.24) is 0 Å². The topological polar surface area (TPSA) is 96.2 Å². The molecule has 0 radical (unpaired) electrons. The van der Waals surface area contributed by atoms with Crippen molar-refractivity contribution in [3.8, 4) is 0 Å². The zero-order valence-corrected chi connectivity index (χ0v) is 14.2. The van der Waals surface area contributed by atoms with E-state index in [0.717, 1.165) is 50.0 Å². The molecule has 3 rings (SSSR count). The van der Waals surface area contributed by atoms with E-state index in [4.69, 9.17) is 14.6 Å². The highest BCUT2D eigenvalue weighted by Crippen LogP contribution is 2.34. The van der Waals surface area contributed by atoms with Crippen LogP contribution in [0.3, 0.4) is 0 Å². The smallest absolute Gasteiger partial charge is 0.303 e. The van der Waals surface area contributed by atoms with Gasteiger partial charge in [-0.25, -0.2) is 0 Å². The van der Waals surface area contributed by atoms with Crippen LogP contribution in [0.4, 0.5) is 0 Å². The molecule has 3 aliphatic heterocycles. The highest BCUT2D eigenvalue weighted by molar-refractivity contribution is 7.99. The number of hydrogen-bond acceptors (Lipinski definition) is 6. The summed E-state index contributed by atoms with van der Waals surface area (Å²) in [5, 5.41) is 29.0. The minimum Gasteiger partial charge on any atom is -0.481 e. The lowest BCUT2D eigenvalue weighted by atomic mass is 9.86. The Morgan fingerprint density at radius 2 is 1.96 bits per heavy atom. The van der Waals surface area contributed by atoms with Crippen LogP contribution in [0.5, 0.6) is 0 Å². The number of fused-ring (bicyclic) bond motifs is 6. The van der Waals surface area contributed by atoms with E-state index in [9.17, 15) is 15.0 Å². The maximum Gasteiger partial charge on any atom is 0.303 e. The molecule has 5 unspecified atom stereocenters. The van der Waals surface area contributed by atoms with Crippen LogP contribution in [-0.4, -0.2) is 64.0 Å². The summed E-state index contributed by atoms with van der Waals surface area (Å²) in [6, 6.07) is 0. The summed E-state index contributed by atoms with van der Waals surface area (Å²) in [4.78, 5) is 10.4. The van der Waals surface area contributed by atoms with Gasteiger partial charge in [-0.3, -0.25) is 4.79 Å². The Morgan fingerprint density at radius 1 is 1.13 bits per heavy atom. The van der Waals surface area contributed by atoms with E-state index in [2.05, 4.69) is 0 Å². The number of hydrogen-bond donors (Lipinski definition) is 3. The molecular weight excluding hydrogens is 320 g/mol. The minimum atomic E-state index is -0.963. The molecule has 3 aliphatic rings. The van der Waals surface area contributed by atoms with Gasteiger partial charge in [-0.2, -0.15) is 11.8 Å². The Kier molecular flexibility index (Phi) is 8.12. The van der Waals surface area contributed by atoms with E-state index in [1.165, 1.54) is 0 Å². The molecule has 0 aromatic rings. The van der Waals surface area contributed by atoms with E-state index in [-0.39, 0.29) is 18.4 Å². The maximum atomic E-state index is 10.4. The molecule has 0 aromatic carbocycles. The van der Waals surface area contributed by atoms with Crippen molar-refractivity contribution in [2.24, 2.45) is 5.92 Å². The highest BCUT2D eigenvalue weighted by atomic mass is 32.2. The van der Waals surface area contributed by atoms with E-state index in [0.29, 0.717) is 6.61 Å². The molecule has 23 heavy (non-hydrogen) atoms. The van der Waals surface area contributed by atoms with Gasteiger partial charge >= 0.3 is 5.97 Å². The summed E-state index contributed by atoms with van der Waals surface area (Å²) in [7, 11) is 0. The first-order chi connectivity index (χ1) is 11.1. The summed E-state index contributed by atoms with van der Waals surface area (Å²) in [5.41, 5.74) is 0. The molecule has 3 heterocycles. The summed E-state index contributed by atoms with van der Waals surface area (Å²) in [5.74, 6) is 0.950. The molecule has 6 nitrogen and oxygen atoms in total. The molecule has 134 valence electrons. The van der Waals surface area contributed by atoms with Gasteiger partial charge in [-0.05, 0) is 31.4 Å². The number of carbonyl (C=O) groups is 1. The van der Waals surface area contributed by atoms with Crippen molar-refractivity contribution in [3.63, 3.8) is 0 Å². The van der Waals surface area contributed by atoms with Crippen LogP contribution in [0.15, 0.2) is 0 Å². The Hall–Kier alpha value is -0.340. The van der Waals surface area contributed by atoms with Crippen molar-refractivity contribution < 1.29 is 29.6 Å². The zero-order chi connectivity index (χ0) is 16.7. The zero-order valence-electron chi connectivity index (χ0n) is 13.4. The van der Waals surface area contributed by atoms with Crippen molar-refractivity contribution in [1.29, 1.82) is 0 Å². The number of aliphatic hydroxyl groups is 2. The molecule has 0 amide bonds. The van der Waals surface area contributed by atoms with E-state index in [1.54, 1.807) is 11.8 Å². The molecular formula is C16H28O6S. The lowest BCUT2D eigenvalue weighted by molar-refractivity contribution is -0.277. The average Bonchev–Trinajstić information content (AvgIpc) is 2.65. The van der Waals surface area contributed by atoms with Gasteiger partial charge in [-0.1, -0.05) is 12.8 Å². The van der Waals surface area contributed by atoms with Crippen LogP contribution in [0.2, 0.25) is 0 Å². The van der Waals surface area contributed by atoms with E-state index >= 15 is 0 Å². The van der Waals surface area contributed by atoms with Gasteiger partial charge in [0.05, 0.1) is 12.2 Å². The SMILES string of the molecule is O=C(O)CCCCCSCC1OC2OCCCCC1C(O)C2O. The standard InChI is InChI=1S/C16H28O6S/c17-13(18)7-2-1-5-9-23-10-12-11-6-3-4-8-21-16(22-12)15(20)14(11)19/h11-12,14-16,19-20H,1-10H2,(H,17,18). The number of carboxylic acids is 1. The first-order valence-electron chi connectivity index (χ1n) is 8.52. The first-order valence-corrected chi connectivity index (χ1v) is 9.68. The second-order valence-electron chi connectivity index (χ2n) is 6.33. The van der Waals surface area contributed by atoms with Gasteiger partial charge in [0, 0.05) is 24.7 Å². The summed E-state index contributed by atoms with van der Waals surface area (Å²) >= 11 is 1.76. The largest absolute Gasteiger partial charge is 0.481 e. The number of unbranched alkanes of at least 4 members (excludes halogenated alkanes) is 2. The van der Waals surface area contributed by atoms with Crippen molar-refractivity contribution in [3.05, 3.63) is 0 Å². The second kappa shape index (κ2) is 9.84. The van der Waals surface area contributed by atoms with Crippen LogP contribution in [0, 0.1) is 5.92 Å². The van der Waals surface area contributed by atoms with Gasteiger partial charge in [0.1, 0.15) is 6.10 Å². The third-order valence-electron chi connectivity index (χ3n) is 4.53. The predicted octanol–water partition coefficient (Wildman–Crippen LogP) is 1.63. The monoisotopic (exact) mass is 348 g/mol. The Balaban J connectivity index is 1.72. The second-order valence-corrected chi connectivity index (χ2v) is 7.48. The summed E-state index contributed by atoms with van der Waals surface area (Å²) in [6.45, 7) is 0.560. The van der Waals surface area contributed by atoms with Crippen molar-refractivity contribution in [2.75, 3.05) is 18.1 Å². The van der Waals surface area contributed by atoms with Crippen LogP contribution in [0.1, 0.15) is 44.9 Å². The van der Waals surface area contributed by atoms with E-state index in [1.807, 2.05) is 0 Å². The lowest BCUT2D eigenvalue weighted by Crippen LogP contribution is -2.55. The Bertz CT molecular complexity index is 364. The molecule has 2 bridgehead atoms. The fourth-order valence-corrected chi connectivity index (χ4v) is 4.32. The van der Waals surface area contributed by atoms with Crippen LogP contribution < -0.4 is 0 Å². The van der Waals surface area contributed by atoms with Crippen LogP contribution in [-0.2, 0) is 14.3 Å². The number of rotatable bonds is 8. The third kappa shape index (κ3) is 5.90. The minimum absolute atomic E-state index is 0.0394. The number of aliphatic carboxylic acids is 1. The van der Waals surface area contributed by atoms with Gasteiger partial charge < -0.3 is 24.8 Å². The number of thioether (sulfide) groups is 1. The third-order valence-corrected chi connectivity index (χ3v) is 5.67. The molecule has 3 N–H and O–H groups in total. The quantitative estimate of drug-likeness (QED) is 0.574. The Morgan fingerprint density at radius 3 is 2.74 bits per heavy atom. The van der Waals surface area contributed by atoms with Gasteiger partial charge in [0.2, 0.25) is 0 Å². The van der Waals surface area contributed by atoms with Crippen LogP contribution in [0.25, 0.3) is 0 Å². The summed E-state index contributed by atoms with van der Waals surface area (Å²) in [6.07, 6.45) is 3.05. The fraction of sp³-hybridized carbons (Fsp3) is 0.938. The molecule has 0 aromatic heterocycles. The number of carboxylic acid groups (broad SMARTS) is 1. The predicted molar refractivity (Wildman–Crippen MR) is 87.4 cm³/mol. The molecule has 0 saturated carbocycles. The molecule has 7 heteroatoms. The fourth-order valence-electron chi connectivity index (χ4n) is 3.18. The number of aliphatic hydroxyl groups excluding tert-OH is 2. The van der Waals surface area contributed by atoms with Gasteiger partial charge in [-0.15, -0.1) is 0 Å². The molecule has 5 atom stereocenters. The summed E-state index contributed by atoms with van der Waals surface area (Å²) < 4.78 is 11.4. The first kappa shape index (κ1) is 19.0. The Labute approximate surface area is 141 Å². The molecule has 3 fully saturated rings. The number of ether oxygens (including phenoxy) is 2. The lowest BCUT2D eigenvalue weighted by Gasteiger charge is -2.42. The van der Waals surface area contributed by atoms with Gasteiger partial charge in [0.25, 0.3) is 0 Å². The molecule has 0 aliphatic carbocycles. The van der Waals surface area contributed by atoms with Crippen LogP contribution >= 0.6 is 11.8 Å². The maximum absolute atomic E-state index is 10.4. The highest BCUT2D eigenvalue weighted by Gasteiger charge is 2.44. The normalized spacial score (nSPS) is 34.6. The molecule has 3 saturated heterocycles. The van der Waals surface area contributed by atoms with Gasteiger partial charge in [0.15, 0.2) is 6.29 Å². The van der Waals surface area contributed by atoms with Crippen molar-refractivity contribution >= 4 is 17.7 Å².